The largest absolute Gasteiger partial charge is 0.337 e. The predicted molar refractivity (Wildman–Crippen MR) is 118 cm³/mol. The molecule has 0 aliphatic heterocycles. The smallest absolute Gasteiger partial charge is 0.173 e. The van der Waals surface area contributed by atoms with E-state index in [1.54, 1.807) is 0 Å². The molecule has 2 nitrogen and oxygen atoms in total. The van der Waals surface area contributed by atoms with Gasteiger partial charge >= 0.3 is 0 Å². The third kappa shape index (κ3) is 3.92. The molecule has 1 aromatic heterocycles. The number of fused-ring (bicyclic) bond motifs is 3. The molecule has 0 radical (unpaired) electrons. The van der Waals surface area contributed by atoms with E-state index in [0.717, 1.165) is 5.57 Å². The fraction of sp³-hybridized carbons (Fsp3) is 0.0417. The van der Waals surface area contributed by atoms with Crippen LogP contribution in [0.15, 0.2) is 85.5 Å². The van der Waals surface area contributed by atoms with E-state index < -0.39 is 0 Å². The van der Waals surface area contributed by atoms with Crippen molar-refractivity contribution in [1.82, 2.24) is 0 Å². The zero-order valence-electron chi connectivity index (χ0n) is 15.1. The minimum atomic E-state index is 1.04. The molecule has 3 aromatic carbocycles. The van der Waals surface area contributed by atoms with E-state index in [-0.39, 0.29) is 0 Å². The van der Waals surface area contributed by atoms with Crippen molar-refractivity contribution in [3.63, 3.8) is 0 Å². The minimum absolute atomic E-state index is 1.04. The summed E-state index contributed by atoms with van der Waals surface area (Å²) in [6.45, 7) is 6.17. The fourth-order valence-corrected chi connectivity index (χ4v) is 4.19. The van der Waals surface area contributed by atoms with Crippen molar-refractivity contribution in [2.24, 2.45) is 5.73 Å². The Bertz CT molecular complexity index is 1180. The number of nitrogens with two attached hydrogens (primary N) is 1. The summed E-state index contributed by atoms with van der Waals surface area (Å²) in [5, 5.41) is 9.78. The molecule has 132 valence electrons. The average molecular weight is 369 g/mol. The summed E-state index contributed by atoms with van der Waals surface area (Å²) in [5.41, 5.74) is 8.85. The standard InChI is InChI=1S/C23H18S.CH2N2/c1-3-7-16(2)17-8-6-9-18(14-17)19-12-13-23-21(15-19)20-10-4-5-11-22(20)24-23;2-1-3/h3-15H,2H2,1H3;2H2/b7-3-;. The Balaban J connectivity index is 0.000000659. The maximum absolute atomic E-state index is 7.10. The van der Waals surface area contributed by atoms with Gasteiger partial charge in [-0.05, 0) is 53.5 Å². The number of rotatable bonds is 3. The summed E-state index contributed by atoms with van der Waals surface area (Å²) in [5.74, 6) is 0. The number of thiophene rings is 1. The Kier molecular flexibility index (Phi) is 5.71. The number of nitrogens with zero attached hydrogens (tertiary/aromatic N) is 1. The topological polar surface area (TPSA) is 49.8 Å². The first kappa shape index (κ1) is 18.4. The van der Waals surface area contributed by atoms with E-state index in [1.165, 1.54) is 43.1 Å². The lowest BCUT2D eigenvalue weighted by atomic mass is 9.98. The van der Waals surface area contributed by atoms with Crippen molar-refractivity contribution in [1.29, 1.82) is 5.26 Å². The van der Waals surface area contributed by atoms with Crippen molar-refractivity contribution >= 4 is 37.1 Å². The first-order valence-corrected chi connectivity index (χ1v) is 9.43. The van der Waals surface area contributed by atoms with Crippen LogP contribution in [0, 0.1) is 11.5 Å². The molecule has 2 N–H and O–H groups in total. The van der Waals surface area contributed by atoms with Crippen LogP contribution in [0.5, 0.6) is 0 Å². The van der Waals surface area contributed by atoms with Crippen molar-refractivity contribution in [3.05, 3.63) is 91.0 Å². The van der Waals surface area contributed by atoms with Gasteiger partial charge in [-0.2, -0.15) is 5.26 Å². The highest BCUT2D eigenvalue weighted by Gasteiger charge is 2.07. The maximum atomic E-state index is 7.10. The molecule has 0 saturated heterocycles. The number of hydrogen-bond acceptors (Lipinski definition) is 3. The molecule has 0 aliphatic carbocycles. The molecule has 1 heterocycles. The number of benzene rings is 3. The zero-order chi connectivity index (χ0) is 19.2. The van der Waals surface area contributed by atoms with Crippen LogP contribution in [0.1, 0.15) is 12.5 Å². The SMILES string of the molecule is C=C(/C=C\C)c1cccc(-c2ccc3sc4ccccc4c3c2)c1.N#CN. The lowest BCUT2D eigenvalue weighted by Gasteiger charge is -2.06. The molecule has 0 aliphatic rings. The Hall–Kier alpha value is -3.35. The summed E-state index contributed by atoms with van der Waals surface area (Å²) in [7, 11) is 0. The molecular weight excluding hydrogens is 348 g/mol. The molecule has 0 amide bonds. The Morgan fingerprint density at radius 1 is 0.963 bits per heavy atom. The number of hydrogen-bond donors (Lipinski definition) is 1. The van der Waals surface area contributed by atoms with Crippen LogP contribution < -0.4 is 5.73 Å². The number of nitriles is 1. The van der Waals surface area contributed by atoms with E-state index >= 15 is 0 Å². The van der Waals surface area contributed by atoms with Crippen molar-refractivity contribution < 1.29 is 0 Å². The van der Waals surface area contributed by atoms with E-state index in [1.807, 2.05) is 24.3 Å². The normalized spacial score (nSPS) is 10.5. The maximum Gasteiger partial charge on any atom is 0.173 e. The first-order valence-electron chi connectivity index (χ1n) is 8.61. The summed E-state index contributed by atoms with van der Waals surface area (Å²) >= 11 is 1.86. The Labute approximate surface area is 163 Å². The van der Waals surface area contributed by atoms with Crippen LogP contribution in [-0.4, -0.2) is 0 Å². The summed E-state index contributed by atoms with van der Waals surface area (Å²) in [4.78, 5) is 0. The Morgan fingerprint density at radius 3 is 2.44 bits per heavy atom. The minimum Gasteiger partial charge on any atom is -0.337 e. The molecule has 0 fully saturated rings. The van der Waals surface area contributed by atoms with Crippen LogP contribution in [0.4, 0.5) is 0 Å². The second-order valence-electron chi connectivity index (χ2n) is 6.04. The van der Waals surface area contributed by atoms with Crippen LogP contribution in [0.3, 0.4) is 0 Å². The third-order valence-corrected chi connectivity index (χ3v) is 5.46. The first-order chi connectivity index (χ1) is 13.2. The van der Waals surface area contributed by atoms with Gasteiger partial charge in [0, 0.05) is 20.2 Å². The van der Waals surface area contributed by atoms with Crippen LogP contribution in [0.25, 0.3) is 36.9 Å². The molecule has 0 unspecified atom stereocenters. The summed E-state index contributed by atoms with van der Waals surface area (Å²) < 4.78 is 2.69. The third-order valence-electron chi connectivity index (χ3n) is 4.31. The molecule has 0 spiro atoms. The van der Waals surface area contributed by atoms with E-state index in [9.17, 15) is 0 Å². The molecule has 4 rings (SSSR count). The summed E-state index contributed by atoms with van der Waals surface area (Å²) in [6, 6.07) is 24.0. The van der Waals surface area contributed by atoms with Crippen LogP contribution in [-0.2, 0) is 0 Å². The van der Waals surface area contributed by atoms with E-state index in [2.05, 4.69) is 85.1 Å². The highest BCUT2D eigenvalue weighted by Crippen LogP contribution is 2.36. The van der Waals surface area contributed by atoms with Crippen LogP contribution in [0.2, 0.25) is 0 Å². The lowest BCUT2D eigenvalue weighted by Crippen LogP contribution is -1.83. The molecule has 27 heavy (non-hydrogen) atoms. The highest BCUT2D eigenvalue weighted by atomic mass is 32.1. The van der Waals surface area contributed by atoms with Gasteiger partial charge in [0.2, 0.25) is 0 Å². The van der Waals surface area contributed by atoms with Crippen molar-refractivity contribution in [2.45, 2.75) is 6.92 Å². The van der Waals surface area contributed by atoms with Gasteiger partial charge in [-0.1, -0.05) is 61.2 Å². The zero-order valence-corrected chi connectivity index (χ0v) is 16.0. The van der Waals surface area contributed by atoms with Gasteiger partial charge in [0.15, 0.2) is 6.19 Å². The highest BCUT2D eigenvalue weighted by molar-refractivity contribution is 7.25. The average Bonchev–Trinajstić information content (AvgIpc) is 3.07. The number of allylic oxidation sites excluding steroid dienone is 3. The Morgan fingerprint density at radius 2 is 1.67 bits per heavy atom. The van der Waals surface area contributed by atoms with Crippen LogP contribution >= 0.6 is 11.3 Å². The molecule has 0 saturated carbocycles. The van der Waals surface area contributed by atoms with Gasteiger partial charge in [0.1, 0.15) is 0 Å². The predicted octanol–water partition coefficient (Wildman–Crippen LogP) is 6.74. The second-order valence-corrected chi connectivity index (χ2v) is 7.13. The van der Waals surface area contributed by atoms with Gasteiger partial charge in [-0.15, -0.1) is 11.3 Å². The molecule has 4 aromatic rings. The fourth-order valence-electron chi connectivity index (χ4n) is 3.10. The second kappa shape index (κ2) is 8.35. The van der Waals surface area contributed by atoms with Crippen molar-refractivity contribution in [3.8, 4) is 17.3 Å². The quantitative estimate of drug-likeness (QED) is 0.247. The van der Waals surface area contributed by atoms with Gasteiger partial charge in [0.25, 0.3) is 0 Å². The van der Waals surface area contributed by atoms with Gasteiger partial charge in [0.05, 0.1) is 0 Å². The monoisotopic (exact) mass is 368 g/mol. The molecular formula is C24H20N2S. The van der Waals surface area contributed by atoms with Gasteiger partial charge in [-0.25, -0.2) is 0 Å². The van der Waals surface area contributed by atoms with E-state index in [4.69, 9.17) is 5.26 Å². The van der Waals surface area contributed by atoms with E-state index in [0.29, 0.717) is 0 Å². The molecule has 3 heteroatoms. The van der Waals surface area contributed by atoms with Gasteiger partial charge < -0.3 is 5.73 Å². The van der Waals surface area contributed by atoms with Gasteiger partial charge in [-0.3, -0.25) is 0 Å². The lowest BCUT2D eigenvalue weighted by molar-refractivity contribution is 1.45. The van der Waals surface area contributed by atoms with Crippen molar-refractivity contribution in [2.75, 3.05) is 0 Å². The molecule has 0 atom stereocenters. The molecule has 0 bridgehead atoms. The summed E-state index contributed by atoms with van der Waals surface area (Å²) in [6.07, 6.45) is 5.33.